The van der Waals surface area contributed by atoms with Crippen LogP contribution in [-0.2, 0) is 22.1 Å². The molecule has 3 rings (SSSR count). The molecule has 0 radical (unpaired) electrons. The average Bonchev–Trinajstić information content (AvgIpc) is 2.66. The van der Waals surface area contributed by atoms with Gasteiger partial charge in [0, 0.05) is 6.07 Å². The molecule has 0 saturated heterocycles. The number of Topliss-reactive ketones (excluding diaryl/α,β-unsaturated/α-hetero) is 1. The highest BCUT2D eigenvalue weighted by atomic mass is 19.4. The van der Waals surface area contributed by atoms with Gasteiger partial charge in [0.25, 0.3) is 0 Å². The van der Waals surface area contributed by atoms with Crippen molar-refractivity contribution in [3.8, 4) is 11.6 Å². The minimum absolute atomic E-state index is 0.112. The fourth-order valence-corrected chi connectivity index (χ4v) is 3.60. The maximum atomic E-state index is 13.1. The molecule has 166 valence electrons. The van der Waals surface area contributed by atoms with E-state index in [0.717, 1.165) is 11.6 Å². The number of aliphatic hydroxyl groups excluding tert-OH is 1. The Bertz CT molecular complexity index is 1060. The van der Waals surface area contributed by atoms with E-state index < -0.39 is 28.9 Å². The second-order valence-corrected chi connectivity index (χ2v) is 8.31. The first-order valence-corrected chi connectivity index (χ1v) is 9.80. The quantitative estimate of drug-likeness (QED) is 0.649. The van der Waals surface area contributed by atoms with Gasteiger partial charge in [-0.2, -0.15) is 13.2 Å². The number of alkyl halides is 3. The SMILES string of the molecule is CCc1ccc(Oc2cccc(C(F)(F)F)n2)cc1C1=C(O)C(C)(C)OC(C)(C)C1=O. The first-order chi connectivity index (χ1) is 14.3. The van der Waals surface area contributed by atoms with Crippen LogP contribution in [0.4, 0.5) is 13.2 Å². The summed E-state index contributed by atoms with van der Waals surface area (Å²) in [5.41, 5.74) is -2.02. The number of hydrogen-bond donors (Lipinski definition) is 1. The molecule has 2 aromatic rings. The molecule has 0 atom stereocenters. The fourth-order valence-electron chi connectivity index (χ4n) is 3.60. The zero-order valence-corrected chi connectivity index (χ0v) is 17.9. The van der Waals surface area contributed by atoms with Crippen molar-refractivity contribution in [2.75, 3.05) is 0 Å². The maximum Gasteiger partial charge on any atom is 0.433 e. The lowest BCUT2D eigenvalue weighted by molar-refractivity contribution is -0.158. The van der Waals surface area contributed by atoms with Crippen molar-refractivity contribution in [2.45, 2.75) is 58.4 Å². The largest absolute Gasteiger partial charge is 0.508 e. The summed E-state index contributed by atoms with van der Waals surface area (Å²) in [6, 6.07) is 8.19. The van der Waals surface area contributed by atoms with E-state index in [-0.39, 0.29) is 23.0 Å². The van der Waals surface area contributed by atoms with E-state index in [4.69, 9.17) is 9.47 Å². The van der Waals surface area contributed by atoms with E-state index in [9.17, 15) is 23.1 Å². The minimum Gasteiger partial charge on any atom is -0.508 e. The number of nitrogens with zero attached hydrogens (tertiary/aromatic N) is 1. The molecule has 31 heavy (non-hydrogen) atoms. The third-order valence-corrected chi connectivity index (χ3v) is 5.06. The smallest absolute Gasteiger partial charge is 0.433 e. The van der Waals surface area contributed by atoms with Gasteiger partial charge in [0.1, 0.15) is 28.4 Å². The van der Waals surface area contributed by atoms with Gasteiger partial charge in [0.05, 0.1) is 5.57 Å². The second-order valence-electron chi connectivity index (χ2n) is 8.31. The summed E-state index contributed by atoms with van der Waals surface area (Å²) >= 11 is 0. The summed E-state index contributed by atoms with van der Waals surface area (Å²) < 4.78 is 50.2. The zero-order valence-electron chi connectivity index (χ0n) is 17.9. The predicted octanol–water partition coefficient (Wildman–Crippen LogP) is 5.88. The molecule has 0 amide bonds. The molecule has 1 aliphatic heterocycles. The molecular formula is C23H24F3NO4. The molecule has 0 unspecified atom stereocenters. The van der Waals surface area contributed by atoms with Crippen LogP contribution < -0.4 is 4.74 Å². The number of aliphatic hydroxyl groups is 1. The number of ketones is 1. The molecular weight excluding hydrogens is 411 g/mol. The molecule has 1 N–H and O–H groups in total. The number of rotatable bonds is 4. The van der Waals surface area contributed by atoms with Gasteiger partial charge in [0.15, 0.2) is 5.78 Å². The normalized spacial score (nSPS) is 18.3. The van der Waals surface area contributed by atoms with Crippen molar-refractivity contribution in [3.63, 3.8) is 0 Å². The number of pyridine rings is 1. The lowest BCUT2D eigenvalue weighted by Crippen LogP contribution is -2.49. The van der Waals surface area contributed by atoms with E-state index in [1.165, 1.54) is 18.2 Å². The van der Waals surface area contributed by atoms with Gasteiger partial charge >= 0.3 is 6.18 Å². The number of hydrogen-bond acceptors (Lipinski definition) is 5. The summed E-state index contributed by atoms with van der Waals surface area (Å²) in [4.78, 5) is 16.6. The average molecular weight is 435 g/mol. The lowest BCUT2D eigenvalue weighted by Gasteiger charge is -2.40. The standard InChI is InChI=1S/C23H24F3NO4/c1-6-13-10-11-14(30-17-9-7-8-16(27-17)23(24,25)26)12-15(13)18-19(28)21(2,3)31-22(4,5)20(18)29/h7-12,28H,6H2,1-5H3. The van der Waals surface area contributed by atoms with Gasteiger partial charge in [-0.1, -0.05) is 19.1 Å². The number of carbonyl (C=O) groups excluding carboxylic acids is 1. The van der Waals surface area contributed by atoms with E-state index in [0.29, 0.717) is 12.0 Å². The second kappa shape index (κ2) is 7.67. The molecule has 2 heterocycles. The minimum atomic E-state index is -4.60. The molecule has 0 fully saturated rings. The van der Waals surface area contributed by atoms with E-state index in [1.807, 2.05) is 6.92 Å². The van der Waals surface area contributed by atoms with Crippen LogP contribution in [-0.4, -0.2) is 27.1 Å². The Morgan fingerprint density at radius 2 is 1.77 bits per heavy atom. The summed E-state index contributed by atoms with van der Waals surface area (Å²) in [7, 11) is 0. The number of ether oxygens (including phenoxy) is 2. The Morgan fingerprint density at radius 1 is 1.10 bits per heavy atom. The van der Waals surface area contributed by atoms with Gasteiger partial charge in [-0.25, -0.2) is 4.98 Å². The molecule has 1 aromatic heterocycles. The predicted molar refractivity (Wildman–Crippen MR) is 109 cm³/mol. The first kappa shape index (κ1) is 22.8. The molecule has 0 saturated carbocycles. The van der Waals surface area contributed by atoms with Gasteiger partial charge < -0.3 is 14.6 Å². The van der Waals surface area contributed by atoms with Crippen LogP contribution in [0, 0.1) is 0 Å². The van der Waals surface area contributed by atoms with Crippen molar-refractivity contribution in [1.29, 1.82) is 0 Å². The molecule has 0 aliphatic carbocycles. The monoisotopic (exact) mass is 435 g/mol. The van der Waals surface area contributed by atoms with Crippen molar-refractivity contribution >= 4 is 11.4 Å². The number of carbonyl (C=O) groups is 1. The molecule has 0 bridgehead atoms. The summed E-state index contributed by atoms with van der Waals surface area (Å²) in [6.45, 7) is 8.47. The van der Waals surface area contributed by atoms with Crippen LogP contribution in [0.5, 0.6) is 11.6 Å². The summed E-state index contributed by atoms with van der Waals surface area (Å²) in [5, 5.41) is 10.8. The van der Waals surface area contributed by atoms with Gasteiger partial charge in [-0.15, -0.1) is 0 Å². The number of halogens is 3. The topological polar surface area (TPSA) is 68.7 Å². The highest BCUT2D eigenvalue weighted by molar-refractivity contribution is 6.26. The highest BCUT2D eigenvalue weighted by Gasteiger charge is 2.47. The number of benzene rings is 1. The van der Waals surface area contributed by atoms with E-state index >= 15 is 0 Å². The molecule has 1 aliphatic rings. The molecule has 1 aromatic carbocycles. The Balaban J connectivity index is 2.09. The Morgan fingerprint density at radius 3 is 2.39 bits per heavy atom. The van der Waals surface area contributed by atoms with Gasteiger partial charge in [-0.3, -0.25) is 4.79 Å². The molecule has 5 nitrogen and oxygen atoms in total. The third-order valence-electron chi connectivity index (χ3n) is 5.06. The van der Waals surface area contributed by atoms with Crippen LogP contribution in [0.15, 0.2) is 42.2 Å². The van der Waals surface area contributed by atoms with Gasteiger partial charge in [0.2, 0.25) is 5.88 Å². The highest BCUT2D eigenvalue weighted by Crippen LogP contribution is 2.42. The van der Waals surface area contributed by atoms with Crippen LogP contribution in [0.2, 0.25) is 0 Å². The first-order valence-electron chi connectivity index (χ1n) is 9.80. The van der Waals surface area contributed by atoms with Crippen molar-refractivity contribution < 1.29 is 32.5 Å². The summed E-state index contributed by atoms with van der Waals surface area (Å²) in [6.07, 6.45) is -4.04. The van der Waals surface area contributed by atoms with Crippen molar-refractivity contribution in [1.82, 2.24) is 4.98 Å². The Kier molecular flexibility index (Phi) is 5.65. The molecule has 8 heteroatoms. The van der Waals surface area contributed by atoms with Crippen molar-refractivity contribution in [3.05, 3.63) is 59.0 Å². The lowest BCUT2D eigenvalue weighted by atomic mass is 9.81. The van der Waals surface area contributed by atoms with Crippen LogP contribution in [0.3, 0.4) is 0 Å². The van der Waals surface area contributed by atoms with Crippen LogP contribution in [0.1, 0.15) is 51.4 Å². The fraction of sp³-hybridized carbons (Fsp3) is 0.391. The number of aryl methyl sites for hydroxylation is 1. The van der Waals surface area contributed by atoms with E-state index in [1.54, 1.807) is 39.8 Å². The van der Waals surface area contributed by atoms with Crippen LogP contribution >= 0.6 is 0 Å². The zero-order chi connectivity index (χ0) is 23.2. The van der Waals surface area contributed by atoms with Crippen molar-refractivity contribution in [2.24, 2.45) is 0 Å². The number of aromatic nitrogens is 1. The van der Waals surface area contributed by atoms with E-state index in [2.05, 4.69) is 4.98 Å². The van der Waals surface area contributed by atoms with Gasteiger partial charge in [-0.05, 0) is 63.4 Å². The third kappa shape index (κ3) is 4.44. The Labute approximate surface area is 178 Å². The maximum absolute atomic E-state index is 13.1. The van der Waals surface area contributed by atoms with Crippen LogP contribution in [0.25, 0.3) is 5.57 Å². The Hall–Kier alpha value is -2.87. The summed E-state index contributed by atoms with van der Waals surface area (Å²) in [5.74, 6) is -0.648. The molecule has 0 spiro atoms.